The molecule has 3 aromatic rings. The number of pyridine rings is 1. The number of sulfone groups is 1. The lowest BCUT2D eigenvalue weighted by atomic mass is 9.50. The van der Waals surface area contributed by atoms with Crippen molar-refractivity contribution in [1.29, 1.82) is 0 Å². The number of fused-ring (bicyclic) bond motifs is 1. The van der Waals surface area contributed by atoms with Crippen LogP contribution in [0.5, 0.6) is 0 Å². The number of carbonyl (C=O) groups is 1. The predicted octanol–water partition coefficient (Wildman–Crippen LogP) is 3.50. The summed E-state index contributed by atoms with van der Waals surface area (Å²) in [6, 6.07) is 8.42. The quantitative estimate of drug-likeness (QED) is 0.586. The van der Waals surface area contributed by atoms with Crippen LogP contribution in [0.3, 0.4) is 0 Å². The molecule has 3 fully saturated rings. The normalized spacial score (nSPS) is 27.1. The number of oxazole rings is 1. The molecule has 1 N–H and O–H groups in total. The smallest absolute Gasteiger partial charge is 0.251 e. The minimum absolute atomic E-state index is 0.0741. The van der Waals surface area contributed by atoms with Gasteiger partial charge in [-0.2, -0.15) is 0 Å². The predicted molar refractivity (Wildman–Crippen MR) is 120 cm³/mol. The molecule has 0 unspecified atom stereocenters. The summed E-state index contributed by atoms with van der Waals surface area (Å²) in [4.78, 5) is 21.3. The van der Waals surface area contributed by atoms with Gasteiger partial charge in [0, 0.05) is 28.7 Å². The Bertz CT molecular complexity index is 1350. The number of benzene rings is 1. The van der Waals surface area contributed by atoms with Gasteiger partial charge in [0.05, 0.1) is 13.2 Å². The van der Waals surface area contributed by atoms with Crippen LogP contribution in [0.25, 0.3) is 11.1 Å². The fourth-order valence-electron chi connectivity index (χ4n) is 5.21. The Morgan fingerprint density at radius 1 is 1.12 bits per heavy atom. The zero-order valence-electron chi connectivity index (χ0n) is 17.7. The number of carbonyl (C=O) groups excluding carboxylic acids is 1. The number of hydrogen-bond donors (Lipinski definition) is 1. The third-order valence-electron chi connectivity index (χ3n) is 7.10. The highest BCUT2D eigenvalue weighted by Gasteiger charge is 2.54. The number of nitrogens with one attached hydrogen (secondary N) is 1. The van der Waals surface area contributed by atoms with Crippen molar-refractivity contribution in [3.05, 3.63) is 53.0 Å². The summed E-state index contributed by atoms with van der Waals surface area (Å²) in [6.07, 6.45) is 5.14. The van der Waals surface area contributed by atoms with E-state index in [1.165, 1.54) is 12.3 Å². The maximum Gasteiger partial charge on any atom is 0.251 e. The van der Waals surface area contributed by atoms with Crippen molar-refractivity contribution >= 4 is 38.4 Å². The number of aromatic nitrogens is 2. The molecule has 2 aliphatic carbocycles. The van der Waals surface area contributed by atoms with Crippen molar-refractivity contribution in [1.82, 2.24) is 15.3 Å². The number of ether oxygens (including phenoxy) is 1. The first-order chi connectivity index (χ1) is 15.8. The molecule has 172 valence electrons. The van der Waals surface area contributed by atoms with E-state index < -0.39 is 15.1 Å². The van der Waals surface area contributed by atoms with Crippen LogP contribution in [-0.2, 0) is 14.6 Å². The molecule has 0 atom stereocenters. The van der Waals surface area contributed by atoms with Gasteiger partial charge in [-0.25, -0.2) is 18.4 Å². The Balaban J connectivity index is 1.05. The minimum atomic E-state index is -3.57. The van der Waals surface area contributed by atoms with Gasteiger partial charge in [0.1, 0.15) is 10.8 Å². The maximum absolute atomic E-state index is 12.7. The molecule has 1 amide bonds. The molecule has 2 aromatic heterocycles. The highest BCUT2D eigenvalue weighted by molar-refractivity contribution is 7.92. The first kappa shape index (κ1) is 21.1. The van der Waals surface area contributed by atoms with Crippen molar-refractivity contribution in [3.8, 4) is 0 Å². The number of rotatable bonds is 5. The van der Waals surface area contributed by atoms with Crippen LogP contribution in [0.1, 0.15) is 47.8 Å². The topological polar surface area (TPSA) is 111 Å². The van der Waals surface area contributed by atoms with Crippen molar-refractivity contribution in [2.75, 3.05) is 13.2 Å². The Labute approximate surface area is 195 Å². The van der Waals surface area contributed by atoms with Gasteiger partial charge in [0.15, 0.2) is 16.5 Å². The summed E-state index contributed by atoms with van der Waals surface area (Å²) >= 11 is 6.03. The van der Waals surface area contributed by atoms with Crippen LogP contribution in [0.4, 0.5) is 0 Å². The van der Waals surface area contributed by atoms with E-state index in [0.29, 0.717) is 10.6 Å². The molecule has 0 bridgehead atoms. The van der Waals surface area contributed by atoms with Crippen molar-refractivity contribution in [3.63, 3.8) is 0 Å². The summed E-state index contributed by atoms with van der Waals surface area (Å²) in [7, 11) is -3.57. The van der Waals surface area contributed by atoms with Gasteiger partial charge in [0.25, 0.3) is 5.91 Å². The molecule has 1 aliphatic heterocycles. The van der Waals surface area contributed by atoms with E-state index in [0.717, 1.165) is 42.7 Å². The summed E-state index contributed by atoms with van der Waals surface area (Å²) < 4.78 is 36.0. The zero-order chi connectivity index (χ0) is 22.8. The van der Waals surface area contributed by atoms with Crippen molar-refractivity contribution in [2.45, 2.75) is 47.9 Å². The second kappa shape index (κ2) is 7.51. The maximum atomic E-state index is 12.7. The molecule has 6 rings (SSSR count). The van der Waals surface area contributed by atoms with E-state index in [1.54, 1.807) is 12.1 Å². The number of nitrogens with zero attached hydrogens (tertiary/aromatic N) is 2. The highest BCUT2D eigenvalue weighted by Crippen LogP contribution is 2.61. The van der Waals surface area contributed by atoms with Crippen molar-refractivity contribution in [2.24, 2.45) is 5.41 Å². The summed E-state index contributed by atoms with van der Waals surface area (Å²) in [5, 5.41) is 3.02. The third kappa shape index (κ3) is 3.62. The molecular weight excluding hydrogens is 466 g/mol. The van der Waals surface area contributed by atoms with E-state index in [1.807, 2.05) is 12.1 Å². The van der Waals surface area contributed by atoms with Crippen LogP contribution >= 0.6 is 11.6 Å². The van der Waals surface area contributed by atoms with Gasteiger partial charge in [0.2, 0.25) is 9.84 Å². The third-order valence-corrected chi connectivity index (χ3v) is 9.29. The van der Waals surface area contributed by atoms with Gasteiger partial charge in [-0.3, -0.25) is 4.79 Å². The first-order valence-corrected chi connectivity index (χ1v) is 12.9. The second-order valence-electron chi connectivity index (χ2n) is 9.44. The first-order valence-electron chi connectivity index (χ1n) is 11.0. The fourth-order valence-corrected chi connectivity index (χ4v) is 6.77. The molecular formula is C23H22ClN3O5S. The Hall–Kier alpha value is -2.49. The van der Waals surface area contributed by atoms with Crippen LogP contribution in [0, 0.1) is 5.41 Å². The van der Waals surface area contributed by atoms with Gasteiger partial charge in [-0.05, 0) is 61.4 Å². The SMILES string of the molecule is O=C(NC1CC2(C1)CC(c1nc3cc(Cl)ccc3o1)C2)c1ccnc(S(=O)(=O)C2COC2)c1. The summed E-state index contributed by atoms with van der Waals surface area (Å²) in [5.41, 5.74) is 2.05. The molecule has 1 spiro atoms. The van der Waals surface area contributed by atoms with E-state index in [2.05, 4.69) is 15.3 Å². The lowest BCUT2D eigenvalue weighted by Gasteiger charge is -2.57. The molecule has 10 heteroatoms. The minimum Gasteiger partial charge on any atom is -0.440 e. The second-order valence-corrected chi connectivity index (χ2v) is 12.0. The van der Waals surface area contributed by atoms with Crippen LogP contribution < -0.4 is 5.32 Å². The molecule has 3 aliphatic rings. The van der Waals surface area contributed by atoms with Gasteiger partial charge in [-0.15, -0.1) is 0 Å². The number of halogens is 1. The van der Waals surface area contributed by atoms with Crippen molar-refractivity contribution < 1.29 is 22.4 Å². The van der Waals surface area contributed by atoms with E-state index in [-0.39, 0.29) is 41.5 Å². The van der Waals surface area contributed by atoms with E-state index in [9.17, 15) is 13.2 Å². The van der Waals surface area contributed by atoms with E-state index in [4.69, 9.17) is 20.8 Å². The number of amides is 1. The number of hydrogen-bond acceptors (Lipinski definition) is 7. The molecule has 1 saturated heterocycles. The Morgan fingerprint density at radius 2 is 1.91 bits per heavy atom. The Morgan fingerprint density at radius 3 is 2.64 bits per heavy atom. The molecule has 1 aromatic carbocycles. The van der Waals surface area contributed by atoms with Crippen LogP contribution in [0.2, 0.25) is 5.02 Å². The average Bonchev–Trinajstić information content (AvgIpc) is 3.09. The lowest BCUT2D eigenvalue weighted by molar-refractivity contribution is -0.0253. The molecule has 2 saturated carbocycles. The van der Waals surface area contributed by atoms with Gasteiger partial charge >= 0.3 is 0 Å². The monoisotopic (exact) mass is 487 g/mol. The summed E-state index contributed by atoms with van der Waals surface area (Å²) in [5.74, 6) is 0.773. The molecule has 0 radical (unpaired) electrons. The Kier molecular flexibility index (Phi) is 4.80. The molecule has 8 nitrogen and oxygen atoms in total. The molecule has 33 heavy (non-hydrogen) atoms. The fraction of sp³-hybridized carbons (Fsp3) is 0.435. The zero-order valence-corrected chi connectivity index (χ0v) is 19.2. The lowest BCUT2D eigenvalue weighted by Crippen LogP contribution is -2.55. The van der Waals surface area contributed by atoms with Gasteiger partial charge < -0.3 is 14.5 Å². The molecule has 3 heterocycles. The standard InChI is InChI=1S/C23H22ClN3O5S/c24-15-1-2-19-18(6-15)27-22(32-19)14-7-23(8-14)9-16(10-23)26-21(28)13-3-4-25-20(5-13)33(29,30)17-11-31-12-17/h1-6,14,16-17H,7-12H2,(H,26,28). The average molecular weight is 488 g/mol. The van der Waals surface area contributed by atoms with Crippen LogP contribution in [0.15, 0.2) is 46.0 Å². The summed E-state index contributed by atoms with van der Waals surface area (Å²) in [6.45, 7) is 0.339. The van der Waals surface area contributed by atoms with Gasteiger partial charge in [-0.1, -0.05) is 11.6 Å². The van der Waals surface area contributed by atoms with Crippen LogP contribution in [-0.4, -0.2) is 48.8 Å². The van der Waals surface area contributed by atoms with E-state index >= 15 is 0 Å². The highest BCUT2D eigenvalue weighted by atomic mass is 35.5. The largest absolute Gasteiger partial charge is 0.440 e.